The summed E-state index contributed by atoms with van der Waals surface area (Å²) in [6, 6.07) is -0.567. The second-order valence-electron chi connectivity index (χ2n) is 3.57. The lowest BCUT2D eigenvalue weighted by molar-refractivity contribution is -0.207. The number of rotatable bonds is 4. The van der Waals surface area contributed by atoms with Gasteiger partial charge in [-0.3, -0.25) is 4.57 Å². The standard InChI is InChI=1S/C10H17N3O3/c1-8(10(2,15-3)16-4)12-9(14)13-6-5-11-7-13/h5-8H,1-4H3,(H,12,14). The Morgan fingerprint density at radius 3 is 2.56 bits per heavy atom. The zero-order chi connectivity index (χ0) is 12.2. The summed E-state index contributed by atoms with van der Waals surface area (Å²) in [6.45, 7) is 3.56. The van der Waals surface area contributed by atoms with Crippen LogP contribution in [0.15, 0.2) is 18.7 Å². The van der Waals surface area contributed by atoms with Crippen molar-refractivity contribution in [1.82, 2.24) is 14.9 Å². The molecule has 0 aromatic carbocycles. The minimum atomic E-state index is -0.851. The Balaban J connectivity index is 2.64. The summed E-state index contributed by atoms with van der Waals surface area (Å²) in [7, 11) is 3.06. The van der Waals surface area contributed by atoms with E-state index in [1.807, 2.05) is 6.92 Å². The lowest BCUT2D eigenvalue weighted by Gasteiger charge is -2.33. The molecule has 0 aliphatic heterocycles. The van der Waals surface area contributed by atoms with Crippen LogP contribution in [0, 0.1) is 0 Å². The molecule has 6 nitrogen and oxygen atoms in total. The van der Waals surface area contributed by atoms with Gasteiger partial charge in [-0.1, -0.05) is 0 Å². The molecule has 0 saturated heterocycles. The van der Waals surface area contributed by atoms with E-state index in [-0.39, 0.29) is 12.1 Å². The highest BCUT2D eigenvalue weighted by Crippen LogP contribution is 2.15. The molecule has 0 radical (unpaired) electrons. The SMILES string of the molecule is COC(C)(OC)C(C)NC(=O)n1ccnc1. The molecule has 1 unspecified atom stereocenters. The molecular weight excluding hydrogens is 210 g/mol. The summed E-state index contributed by atoms with van der Waals surface area (Å²) in [4.78, 5) is 15.5. The van der Waals surface area contributed by atoms with Crippen LogP contribution in [0.2, 0.25) is 0 Å². The average Bonchev–Trinajstić information content (AvgIpc) is 2.81. The normalized spacial score (nSPS) is 13.5. The molecule has 0 fully saturated rings. The average molecular weight is 227 g/mol. The minimum absolute atomic E-state index is 0.273. The number of nitrogens with zero attached hydrogens (tertiary/aromatic N) is 2. The molecule has 1 atom stereocenters. The van der Waals surface area contributed by atoms with Gasteiger partial charge in [0.25, 0.3) is 0 Å². The number of carbonyl (C=O) groups is 1. The van der Waals surface area contributed by atoms with Gasteiger partial charge in [0.2, 0.25) is 0 Å². The first-order valence-corrected chi connectivity index (χ1v) is 4.92. The molecule has 0 bridgehead atoms. The van der Waals surface area contributed by atoms with Crippen LogP contribution < -0.4 is 5.32 Å². The molecule has 0 saturated carbocycles. The Morgan fingerprint density at radius 2 is 2.12 bits per heavy atom. The monoisotopic (exact) mass is 227 g/mol. The Bertz CT molecular complexity index is 333. The fraction of sp³-hybridized carbons (Fsp3) is 0.600. The number of methoxy groups -OCH3 is 2. The van der Waals surface area contributed by atoms with Crippen LogP contribution >= 0.6 is 0 Å². The lowest BCUT2D eigenvalue weighted by Crippen LogP contribution is -2.52. The summed E-state index contributed by atoms with van der Waals surface area (Å²) in [5.74, 6) is -0.851. The van der Waals surface area contributed by atoms with E-state index in [1.165, 1.54) is 31.3 Å². The Kier molecular flexibility index (Phi) is 4.03. The van der Waals surface area contributed by atoms with Crippen LogP contribution in [0.3, 0.4) is 0 Å². The summed E-state index contributed by atoms with van der Waals surface area (Å²) < 4.78 is 11.8. The smallest absolute Gasteiger partial charge is 0.327 e. The van der Waals surface area contributed by atoms with Gasteiger partial charge >= 0.3 is 6.03 Å². The van der Waals surface area contributed by atoms with E-state index in [9.17, 15) is 4.79 Å². The molecule has 1 heterocycles. The number of ether oxygens (including phenoxy) is 2. The van der Waals surface area contributed by atoms with Crippen molar-refractivity contribution < 1.29 is 14.3 Å². The Labute approximate surface area is 94.6 Å². The van der Waals surface area contributed by atoms with Crippen molar-refractivity contribution in [2.75, 3.05) is 14.2 Å². The fourth-order valence-corrected chi connectivity index (χ4v) is 1.21. The third-order valence-corrected chi connectivity index (χ3v) is 2.68. The molecule has 16 heavy (non-hydrogen) atoms. The van der Waals surface area contributed by atoms with Gasteiger partial charge in [0.15, 0.2) is 5.79 Å². The van der Waals surface area contributed by atoms with Crippen LogP contribution in [0.4, 0.5) is 4.79 Å². The van der Waals surface area contributed by atoms with Gasteiger partial charge in [0, 0.05) is 26.6 Å². The molecule has 6 heteroatoms. The maximum Gasteiger partial charge on any atom is 0.327 e. The first-order chi connectivity index (χ1) is 7.53. The molecule has 90 valence electrons. The summed E-state index contributed by atoms with van der Waals surface area (Å²) in [5, 5.41) is 2.76. The highest BCUT2D eigenvalue weighted by molar-refractivity contribution is 5.76. The summed E-state index contributed by atoms with van der Waals surface area (Å²) in [5.41, 5.74) is 0. The van der Waals surface area contributed by atoms with Crippen LogP contribution in [-0.2, 0) is 9.47 Å². The van der Waals surface area contributed by atoms with Crippen molar-refractivity contribution in [2.45, 2.75) is 25.7 Å². The minimum Gasteiger partial charge on any atom is -0.352 e. The molecule has 1 aromatic heterocycles. The molecule has 1 N–H and O–H groups in total. The van der Waals surface area contributed by atoms with Gasteiger partial charge in [-0.25, -0.2) is 9.78 Å². The Morgan fingerprint density at radius 1 is 1.50 bits per heavy atom. The maximum atomic E-state index is 11.7. The maximum absolute atomic E-state index is 11.7. The number of imidazole rings is 1. The number of nitrogens with one attached hydrogen (secondary N) is 1. The first kappa shape index (κ1) is 12.7. The van der Waals surface area contributed by atoms with E-state index in [0.29, 0.717) is 0 Å². The number of hydrogen-bond acceptors (Lipinski definition) is 4. The van der Waals surface area contributed by atoms with E-state index in [1.54, 1.807) is 13.1 Å². The van der Waals surface area contributed by atoms with Crippen LogP contribution in [-0.4, -0.2) is 41.6 Å². The van der Waals surface area contributed by atoms with E-state index >= 15 is 0 Å². The molecule has 0 aliphatic carbocycles. The predicted molar refractivity (Wildman–Crippen MR) is 58.0 cm³/mol. The Hall–Kier alpha value is -1.40. The van der Waals surface area contributed by atoms with Gasteiger partial charge < -0.3 is 14.8 Å². The highest BCUT2D eigenvalue weighted by Gasteiger charge is 2.32. The van der Waals surface area contributed by atoms with Gasteiger partial charge in [-0.05, 0) is 13.8 Å². The van der Waals surface area contributed by atoms with Crippen molar-refractivity contribution in [3.8, 4) is 0 Å². The number of carbonyl (C=O) groups excluding carboxylic acids is 1. The number of hydrogen-bond donors (Lipinski definition) is 1. The van der Waals surface area contributed by atoms with Crippen molar-refractivity contribution in [1.29, 1.82) is 0 Å². The zero-order valence-electron chi connectivity index (χ0n) is 9.93. The molecular formula is C10H17N3O3. The van der Waals surface area contributed by atoms with Gasteiger partial charge in [0.05, 0.1) is 6.04 Å². The van der Waals surface area contributed by atoms with Crippen LogP contribution in [0.1, 0.15) is 13.8 Å². The molecule has 1 rings (SSSR count). The second kappa shape index (κ2) is 5.09. The summed E-state index contributed by atoms with van der Waals surface area (Å²) in [6.07, 6.45) is 4.54. The lowest BCUT2D eigenvalue weighted by atomic mass is 10.1. The molecule has 0 spiro atoms. The predicted octanol–water partition coefficient (Wildman–Crippen LogP) is 0.838. The van der Waals surface area contributed by atoms with Gasteiger partial charge in [0.1, 0.15) is 6.33 Å². The van der Waals surface area contributed by atoms with Crippen LogP contribution in [0.25, 0.3) is 0 Å². The van der Waals surface area contributed by atoms with Gasteiger partial charge in [-0.15, -0.1) is 0 Å². The zero-order valence-corrected chi connectivity index (χ0v) is 9.93. The molecule has 0 aliphatic rings. The van der Waals surface area contributed by atoms with Crippen molar-refractivity contribution >= 4 is 6.03 Å². The van der Waals surface area contributed by atoms with Gasteiger partial charge in [-0.2, -0.15) is 0 Å². The molecule has 1 aromatic rings. The van der Waals surface area contributed by atoms with E-state index in [0.717, 1.165) is 0 Å². The second-order valence-corrected chi connectivity index (χ2v) is 3.57. The van der Waals surface area contributed by atoms with Crippen molar-refractivity contribution in [3.05, 3.63) is 18.7 Å². The highest BCUT2D eigenvalue weighted by atomic mass is 16.7. The van der Waals surface area contributed by atoms with E-state index in [2.05, 4.69) is 10.3 Å². The quantitative estimate of drug-likeness (QED) is 0.774. The number of amides is 1. The first-order valence-electron chi connectivity index (χ1n) is 4.92. The van der Waals surface area contributed by atoms with E-state index in [4.69, 9.17) is 9.47 Å². The van der Waals surface area contributed by atoms with Crippen molar-refractivity contribution in [3.63, 3.8) is 0 Å². The fourth-order valence-electron chi connectivity index (χ4n) is 1.21. The number of aromatic nitrogens is 2. The third-order valence-electron chi connectivity index (χ3n) is 2.68. The van der Waals surface area contributed by atoms with Crippen molar-refractivity contribution in [2.24, 2.45) is 0 Å². The third kappa shape index (κ3) is 2.59. The topological polar surface area (TPSA) is 65.4 Å². The molecule has 1 amide bonds. The van der Waals surface area contributed by atoms with E-state index < -0.39 is 5.79 Å². The summed E-state index contributed by atoms with van der Waals surface area (Å²) >= 11 is 0. The van der Waals surface area contributed by atoms with Crippen LogP contribution in [0.5, 0.6) is 0 Å². The largest absolute Gasteiger partial charge is 0.352 e.